The highest BCUT2D eigenvalue weighted by Crippen LogP contribution is 2.40. The van der Waals surface area contributed by atoms with E-state index in [4.69, 9.17) is 9.47 Å². The molecule has 3 heterocycles. The molecule has 1 aromatic heterocycles. The first-order valence-electron chi connectivity index (χ1n) is 7.97. The van der Waals surface area contributed by atoms with Gasteiger partial charge in [-0.15, -0.1) is 0 Å². The van der Waals surface area contributed by atoms with Crippen molar-refractivity contribution in [2.45, 2.75) is 32.3 Å². The van der Waals surface area contributed by atoms with Gasteiger partial charge < -0.3 is 14.4 Å². The quantitative estimate of drug-likeness (QED) is 0.857. The summed E-state index contributed by atoms with van der Waals surface area (Å²) in [6, 6.07) is 3.74. The molecule has 2 saturated heterocycles. The maximum atomic E-state index is 12.7. The predicted molar refractivity (Wildman–Crippen MR) is 82.8 cm³/mol. The summed E-state index contributed by atoms with van der Waals surface area (Å²) in [6.07, 6.45) is 4.86. The lowest BCUT2D eigenvalue weighted by atomic mass is 9.73. The van der Waals surface area contributed by atoms with Gasteiger partial charge in [-0.2, -0.15) is 0 Å². The summed E-state index contributed by atoms with van der Waals surface area (Å²) < 4.78 is 11.4. The number of rotatable bonds is 3. The van der Waals surface area contributed by atoms with Crippen LogP contribution in [0.2, 0.25) is 0 Å². The zero-order chi connectivity index (χ0) is 15.6. The molecule has 0 bridgehead atoms. The lowest BCUT2D eigenvalue weighted by Crippen LogP contribution is -2.58. The van der Waals surface area contributed by atoms with E-state index in [2.05, 4.69) is 4.98 Å². The van der Waals surface area contributed by atoms with Gasteiger partial charge in [0.1, 0.15) is 0 Å². The van der Waals surface area contributed by atoms with E-state index in [1.165, 1.54) is 0 Å². The molecule has 2 aliphatic heterocycles. The third-order valence-electron chi connectivity index (χ3n) is 4.87. The van der Waals surface area contributed by atoms with E-state index in [0.717, 1.165) is 38.1 Å². The molecule has 0 aromatic carbocycles. The number of carbonyl (C=O) groups is 1. The minimum absolute atomic E-state index is 0.0565. The second-order valence-electron chi connectivity index (χ2n) is 6.46. The van der Waals surface area contributed by atoms with Crippen molar-refractivity contribution in [3.8, 4) is 0 Å². The Bertz CT molecular complexity index is 527. The first kappa shape index (κ1) is 15.4. The largest absolute Gasteiger partial charge is 0.384 e. The smallest absolute Gasteiger partial charge is 0.255 e. The number of hydrogen-bond donors (Lipinski definition) is 0. The fourth-order valence-corrected chi connectivity index (χ4v) is 3.74. The number of likely N-dealkylation sites (tertiary alicyclic amines) is 1. The number of piperidine rings is 1. The summed E-state index contributed by atoms with van der Waals surface area (Å²) in [7, 11) is 1.73. The van der Waals surface area contributed by atoms with Gasteiger partial charge in [-0.1, -0.05) is 0 Å². The Morgan fingerprint density at radius 2 is 2.41 bits per heavy atom. The molecule has 0 N–H and O–H groups in total. The Morgan fingerprint density at radius 3 is 3.14 bits per heavy atom. The van der Waals surface area contributed by atoms with Gasteiger partial charge in [-0.25, -0.2) is 0 Å². The highest BCUT2D eigenvalue weighted by molar-refractivity contribution is 5.94. The number of amides is 1. The molecule has 2 atom stereocenters. The summed E-state index contributed by atoms with van der Waals surface area (Å²) in [4.78, 5) is 18.9. The van der Waals surface area contributed by atoms with Crippen LogP contribution in [0.3, 0.4) is 0 Å². The average Bonchev–Trinajstić information content (AvgIpc) is 2.54. The molecule has 2 fully saturated rings. The SMILES string of the molecule is COC[C@]12CCCO[C@@H]1CCN(C(=O)c1ccc(C)nc1)C2. The lowest BCUT2D eigenvalue weighted by Gasteiger charge is -2.50. The maximum Gasteiger partial charge on any atom is 0.255 e. The van der Waals surface area contributed by atoms with Crippen molar-refractivity contribution in [2.24, 2.45) is 5.41 Å². The minimum Gasteiger partial charge on any atom is -0.384 e. The van der Waals surface area contributed by atoms with E-state index in [1.54, 1.807) is 13.3 Å². The van der Waals surface area contributed by atoms with Crippen molar-refractivity contribution < 1.29 is 14.3 Å². The Morgan fingerprint density at radius 1 is 1.55 bits per heavy atom. The molecule has 5 heteroatoms. The standard InChI is InChI=1S/C17H24N2O3/c1-13-4-5-14(10-18-13)16(20)19-8-6-15-17(11-19,12-21-2)7-3-9-22-15/h4-5,10,15H,3,6-9,11-12H2,1-2H3/t15-,17-/m1/s1. The number of methoxy groups -OCH3 is 1. The molecule has 0 spiro atoms. The van der Waals surface area contributed by atoms with Gasteiger partial charge in [-0.3, -0.25) is 9.78 Å². The summed E-state index contributed by atoms with van der Waals surface area (Å²) >= 11 is 0. The molecule has 0 unspecified atom stereocenters. The minimum atomic E-state index is -0.0565. The van der Waals surface area contributed by atoms with Crippen molar-refractivity contribution in [1.82, 2.24) is 9.88 Å². The van der Waals surface area contributed by atoms with E-state index < -0.39 is 0 Å². The van der Waals surface area contributed by atoms with Crippen molar-refractivity contribution in [1.29, 1.82) is 0 Å². The van der Waals surface area contributed by atoms with Gasteiger partial charge in [-0.05, 0) is 38.3 Å². The van der Waals surface area contributed by atoms with Crippen LogP contribution in [0.4, 0.5) is 0 Å². The zero-order valence-corrected chi connectivity index (χ0v) is 13.4. The van der Waals surface area contributed by atoms with Gasteiger partial charge in [0.25, 0.3) is 5.91 Å². The van der Waals surface area contributed by atoms with Crippen LogP contribution in [0.15, 0.2) is 18.3 Å². The van der Waals surface area contributed by atoms with Gasteiger partial charge >= 0.3 is 0 Å². The highest BCUT2D eigenvalue weighted by Gasteiger charge is 2.47. The summed E-state index contributed by atoms with van der Waals surface area (Å²) in [5.74, 6) is 0.0620. The number of carbonyl (C=O) groups excluding carboxylic acids is 1. The zero-order valence-electron chi connectivity index (χ0n) is 13.4. The molecule has 5 nitrogen and oxygen atoms in total. The van der Waals surface area contributed by atoms with Crippen molar-refractivity contribution in [2.75, 3.05) is 33.4 Å². The second-order valence-corrected chi connectivity index (χ2v) is 6.46. The van der Waals surface area contributed by atoms with Gasteiger partial charge in [0, 0.05) is 44.1 Å². The molecule has 22 heavy (non-hydrogen) atoms. The van der Waals surface area contributed by atoms with E-state index in [9.17, 15) is 4.79 Å². The molecule has 120 valence electrons. The van der Waals surface area contributed by atoms with Crippen molar-refractivity contribution >= 4 is 5.91 Å². The first-order chi connectivity index (χ1) is 10.6. The molecule has 3 rings (SSSR count). The normalized spacial score (nSPS) is 28.3. The monoisotopic (exact) mass is 304 g/mol. The van der Waals surface area contributed by atoms with Crippen molar-refractivity contribution in [3.05, 3.63) is 29.6 Å². The van der Waals surface area contributed by atoms with E-state index >= 15 is 0 Å². The van der Waals surface area contributed by atoms with Crippen LogP contribution >= 0.6 is 0 Å². The maximum absolute atomic E-state index is 12.7. The van der Waals surface area contributed by atoms with E-state index in [1.807, 2.05) is 24.0 Å². The van der Waals surface area contributed by atoms with Crippen LogP contribution in [0.1, 0.15) is 35.3 Å². The molecule has 0 aliphatic carbocycles. The fourth-order valence-electron chi connectivity index (χ4n) is 3.74. The van der Waals surface area contributed by atoms with Gasteiger partial charge in [0.05, 0.1) is 18.3 Å². The van der Waals surface area contributed by atoms with Crippen LogP contribution in [0, 0.1) is 12.3 Å². The highest BCUT2D eigenvalue weighted by atomic mass is 16.5. The lowest BCUT2D eigenvalue weighted by molar-refractivity contribution is -0.142. The number of aromatic nitrogens is 1. The Balaban J connectivity index is 1.78. The third-order valence-corrected chi connectivity index (χ3v) is 4.87. The Labute approximate surface area is 131 Å². The van der Waals surface area contributed by atoms with Crippen LogP contribution < -0.4 is 0 Å². The van der Waals surface area contributed by atoms with Crippen LogP contribution in [-0.2, 0) is 9.47 Å². The molecular weight excluding hydrogens is 280 g/mol. The summed E-state index contributed by atoms with van der Waals surface area (Å²) in [5.41, 5.74) is 1.53. The molecule has 1 amide bonds. The van der Waals surface area contributed by atoms with Gasteiger partial charge in [0.2, 0.25) is 0 Å². The van der Waals surface area contributed by atoms with Crippen molar-refractivity contribution in [3.63, 3.8) is 0 Å². The molecule has 2 aliphatic rings. The molecule has 0 saturated carbocycles. The number of pyridine rings is 1. The number of ether oxygens (including phenoxy) is 2. The third kappa shape index (κ3) is 2.88. The van der Waals surface area contributed by atoms with E-state index in [0.29, 0.717) is 18.7 Å². The molecule has 0 radical (unpaired) electrons. The number of aryl methyl sites for hydroxylation is 1. The van der Waals surface area contributed by atoms with Crippen LogP contribution in [0.5, 0.6) is 0 Å². The second kappa shape index (κ2) is 6.34. The summed E-state index contributed by atoms with van der Waals surface area (Å²) in [5, 5.41) is 0. The van der Waals surface area contributed by atoms with E-state index in [-0.39, 0.29) is 17.4 Å². The fraction of sp³-hybridized carbons (Fsp3) is 0.647. The molecular formula is C17H24N2O3. The predicted octanol–water partition coefficient (Wildman–Crippen LogP) is 2.05. The number of fused-ring (bicyclic) bond motifs is 1. The first-order valence-corrected chi connectivity index (χ1v) is 7.97. The van der Waals surface area contributed by atoms with Crippen LogP contribution in [-0.4, -0.2) is 55.3 Å². The average molecular weight is 304 g/mol. The topological polar surface area (TPSA) is 51.7 Å². The Kier molecular flexibility index (Phi) is 4.45. The number of hydrogen-bond acceptors (Lipinski definition) is 4. The number of nitrogens with zero attached hydrogens (tertiary/aromatic N) is 2. The molecule has 1 aromatic rings. The summed E-state index contributed by atoms with van der Waals surface area (Å²) in [6.45, 7) is 4.84. The van der Waals surface area contributed by atoms with Gasteiger partial charge in [0.15, 0.2) is 0 Å². The Hall–Kier alpha value is -1.46. The van der Waals surface area contributed by atoms with Crippen LogP contribution in [0.25, 0.3) is 0 Å².